The molecule has 0 saturated carbocycles. The van der Waals surface area contributed by atoms with E-state index in [-0.39, 0.29) is 6.09 Å². The summed E-state index contributed by atoms with van der Waals surface area (Å²) in [6.07, 6.45) is 4.94. The highest BCUT2D eigenvalue weighted by atomic mass is 16.6. The van der Waals surface area contributed by atoms with Crippen LogP contribution in [0.4, 0.5) is 4.79 Å². The van der Waals surface area contributed by atoms with E-state index in [1.54, 1.807) is 17.1 Å². The fourth-order valence-electron chi connectivity index (χ4n) is 2.10. The second kappa shape index (κ2) is 6.24. The lowest BCUT2D eigenvalue weighted by atomic mass is 9.93. The monoisotopic (exact) mass is 267 g/mol. The number of nitrogens with zero attached hydrogens (tertiary/aromatic N) is 1. The minimum Gasteiger partial charge on any atom is -0.444 e. The number of carbonyl (C=O) groups excluding carboxylic acids is 1. The van der Waals surface area contributed by atoms with Gasteiger partial charge in [0.15, 0.2) is 0 Å². The third-order valence-corrected chi connectivity index (χ3v) is 3.00. The van der Waals surface area contributed by atoms with Crippen molar-refractivity contribution in [3.63, 3.8) is 0 Å². The number of carbonyl (C=O) groups is 1. The van der Waals surface area contributed by atoms with Gasteiger partial charge in [0, 0.05) is 6.54 Å². The normalized spacial score (nSPS) is 23.8. The van der Waals surface area contributed by atoms with Crippen molar-refractivity contribution in [3.05, 3.63) is 25.3 Å². The van der Waals surface area contributed by atoms with Crippen LogP contribution in [0, 0.1) is 0 Å². The lowest BCUT2D eigenvalue weighted by molar-refractivity contribution is -0.0520. The smallest absolute Gasteiger partial charge is 0.410 e. The van der Waals surface area contributed by atoms with Gasteiger partial charge in [0.1, 0.15) is 11.2 Å². The van der Waals surface area contributed by atoms with Gasteiger partial charge in [-0.15, -0.1) is 13.2 Å². The van der Waals surface area contributed by atoms with Crippen molar-refractivity contribution in [1.82, 2.24) is 4.90 Å². The topological polar surface area (TPSA) is 38.8 Å². The highest BCUT2D eigenvalue weighted by Crippen LogP contribution is 2.27. The Morgan fingerprint density at radius 3 is 2.63 bits per heavy atom. The number of amides is 1. The minimum atomic E-state index is -0.483. The highest BCUT2D eigenvalue weighted by Gasteiger charge is 2.36. The molecule has 108 valence electrons. The molecule has 1 unspecified atom stereocenters. The van der Waals surface area contributed by atoms with Crippen molar-refractivity contribution in [2.45, 2.75) is 44.8 Å². The lowest BCUT2D eigenvalue weighted by Gasteiger charge is -2.40. The molecule has 1 saturated heterocycles. The summed E-state index contributed by atoms with van der Waals surface area (Å²) in [5.74, 6) is 0. The molecule has 0 N–H and O–H groups in total. The maximum absolute atomic E-state index is 12.1. The fraction of sp³-hybridized carbons (Fsp3) is 0.667. The van der Waals surface area contributed by atoms with E-state index in [9.17, 15) is 4.79 Å². The van der Waals surface area contributed by atoms with Crippen LogP contribution in [0.25, 0.3) is 0 Å². The van der Waals surface area contributed by atoms with Crippen molar-refractivity contribution in [3.8, 4) is 0 Å². The van der Waals surface area contributed by atoms with Gasteiger partial charge in [-0.05, 0) is 33.6 Å². The molecule has 1 amide bonds. The summed E-state index contributed by atoms with van der Waals surface area (Å²) in [5, 5.41) is 0. The van der Waals surface area contributed by atoms with Crippen molar-refractivity contribution < 1.29 is 14.3 Å². The molecular weight excluding hydrogens is 242 g/mol. The molecule has 0 aromatic rings. The summed E-state index contributed by atoms with van der Waals surface area (Å²) in [4.78, 5) is 13.8. The summed E-state index contributed by atoms with van der Waals surface area (Å²) in [5.41, 5.74) is -0.962. The van der Waals surface area contributed by atoms with Gasteiger partial charge in [0.05, 0.1) is 13.2 Å². The molecule has 1 aliphatic heterocycles. The number of hydrogen-bond donors (Lipinski definition) is 0. The number of hydrogen-bond acceptors (Lipinski definition) is 3. The van der Waals surface area contributed by atoms with Gasteiger partial charge in [0.25, 0.3) is 0 Å². The molecule has 0 aromatic carbocycles. The Balaban J connectivity index is 2.69. The zero-order valence-electron chi connectivity index (χ0n) is 12.3. The van der Waals surface area contributed by atoms with E-state index >= 15 is 0 Å². The Labute approximate surface area is 116 Å². The van der Waals surface area contributed by atoms with E-state index in [4.69, 9.17) is 9.47 Å². The maximum Gasteiger partial charge on any atom is 0.410 e. The third-order valence-electron chi connectivity index (χ3n) is 3.00. The van der Waals surface area contributed by atoms with Crippen LogP contribution in [-0.2, 0) is 9.47 Å². The van der Waals surface area contributed by atoms with Gasteiger partial charge in [-0.2, -0.15) is 0 Å². The second-order valence-corrected chi connectivity index (χ2v) is 5.87. The minimum absolute atomic E-state index is 0.291. The lowest BCUT2D eigenvalue weighted by Crippen LogP contribution is -2.51. The maximum atomic E-state index is 12.1. The highest BCUT2D eigenvalue weighted by molar-refractivity contribution is 5.68. The Morgan fingerprint density at radius 1 is 1.42 bits per heavy atom. The van der Waals surface area contributed by atoms with Gasteiger partial charge in [-0.25, -0.2) is 4.79 Å². The third kappa shape index (κ3) is 4.71. The molecule has 0 radical (unpaired) electrons. The number of piperidine rings is 1. The SMILES string of the molecule is C=CCOC1(C=C)CCCN(C(=O)OC(C)(C)C)C1. The molecule has 1 rings (SSSR count). The van der Waals surface area contributed by atoms with Crippen LogP contribution in [0.15, 0.2) is 25.3 Å². The van der Waals surface area contributed by atoms with E-state index in [2.05, 4.69) is 13.2 Å². The van der Waals surface area contributed by atoms with E-state index < -0.39 is 11.2 Å². The molecule has 0 spiro atoms. The Kier molecular flexibility index (Phi) is 5.18. The molecule has 0 bridgehead atoms. The van der Waals surface area contributed by atoms with Crippen LogP contribution < -0.4 is 0 Å². The molecule has 19 heavy (non-hydrogen) atoms. The number of rotatable bonds is 4. The Morgan fingerprint density at radius 2 is 2.11 bits per heavy atom. The molecule has 4 heteroatoms. The van der Waals surface area contributed by atoms with Crippen molar-refractivity contribution in [1.29, 1.82) is 0 Å². The van der Waals surface area contributed by atoms with Crippen LogP contribution in [0.3, 0.4) is 0 Å². The standard InChI is InChI=1S/C15H25NO3/c1-6-11-18-15(7-2)9-8-10-16(12-15)13(17)19-14(3,4)5/h6-7H,1-2,8-12H2,3-5H3. The van der Waals surface area contributed by atoms with Gasteiger partial charge in [-0.3, -0.25) is 0 Å². The first-order chi connectivity index (χ1) is 8.82. The second-order valence-electron chi connectivity index (χ2n) is 5.87. The van der Waals surface area contributed by atoms with Crippen LogP contribution in [0.1, 0.15) is 33.6 Å². The zero-order valence-corrected chi connectivity index (χ0v) is 12.3. The molecule has 1 atom stereocenters. The number of likely N-dealkylation sites (tertiary alicyclic amines) is 1. The van der Waals surface area contributed by atoms with Gasteiger partial charge >= 0.3 is 6.09 Å². The van der Waals surface area contributed by atoms with Crippen LogP contribution in [0.2, 0.25) is 0 Å². The summed E-state index contributed by atoms with van der Waals surface area (Å²) in [7, 11) is 0. The predicted octanol–water partition coefficient (Wildman–Crippen LogP) is 3.14. The molecule has 1 aliphatic rings. The largest absolute Gasteiger partial charge is 0.444 e. The Hall–Kier alpha value is -1.29. The summed E-state index contributed by atoms with van der Waals surface area (Å²) in [6, 6.07) is 0. The fourth-order valence-corrected chi connectivity index (χ4v) is 2.10. The first-order valence-electron chi connectivity index (χ1n) is 6.68. The number of ether oxygens (including phenoxy) is 2. The molecular formula is C15H25NO3. The predicted molar refractivity (Wildman–Crippen MR) is 76.1 cm³/mol. The van der Waals surface area contributed by atoms with Gasteiger partial charge in [0.2, 0.25) is 0 Å². The quantitative estimate of drug-likeness (QED) is 0.734. The summed E-state index contributed by atoms with van der Waals surface area (Å²) >= 11 is 0. The molecule has 1 heterocycles. The molecule has 4 nitrogen and oxygen atoms in total. The van der Waals surface area contributed by atoms with Crippen molar-refractivity contribution in [2.75, 3.05) is 19.7 Å². The van der Waals surface area contributed by atoms with Gasteiger partial charge < -0.3 is 14.4 Å². The average molecular weight is 267 g/mol. The van der Waals surface area contributed by atoms with Crippen molar-refractivity contribution >= 4 is 6.09 Å². The van der Waals surface area contributed by atoms with E-state index in [0.717, 1.165) is 12.8 Å². The zero-order chi connectivity index (χ0) is 14.5. The summed E-state index contributed by atoms with van der Waals surface area (Å²) in [6.45, 7) is 14.7. The molecule has 1 fully saturated rings. The van der Waals surface area contributed by atoms with E-state index in [1.165, 1.54) is 0 Å². The first-order valence-corrected chi connectivity index (χ1v) is 6.68. The first kappa shape index (κ1) is 15.8. The average Bonchev–Trinajstić information content (AvgIpc) is 2.34. The summed E-state index contributed by atoms with van der Waals surface area (Å²) < 4.78 is 11.2. The molecule has 0 aliphatic carbocycles. The van der Waals surface area contributed by atoms with E-state index in [1.807, 2.05) is 20.8 Å². The Bertz CT molecular complexity index is 346. The van der Waals surface area contributed by atoms with E-state index in [0.29, 0.717) is 19.7 Å². The van der Waals surface area contributed by atoms with Gasteiger partial charge in [-0.1, -0.05) is 12.2 Å². The van der Waals surface area contributed by atoms with Crippen LogP contribution in [-0.4, -0.2) is 41.9 Å². The molecule has 0 aromatic heterocycles. The van der Waals surface area contributed by atoms with Crippen LogP contribution >= 0.6 is 0 Å². The van der Waals surface area contributed by atoms with Crippen molar-refractivity contribution in [2.24, 2.45) is 0 Å². The van der Waals surface area contributed by atoms with Crippen LogP contribution in [0.5, 0.6) is 0 Å².